The molecule has 0 aromatic rings. The number of carbonyl (C=O) groups is 2. The van der Waals surface area contributed by atoms with Crippen molar-refractivity contribution in [1.29, 1.82) is 0 Å². The Labute approximate surface area is 169 Å². The van der Waals surface area contributed by atoms with Crippen LogP contribution in [0.5, 0.6) is 0 Å². The van der Waals surface area contributed by atoms with E-state index in [0.717, 1.165) is 25.7 Å². The Hall–Kier alpha value is -0.693. The molecule has 5 nitrogen and oxygen atoms in total. The third-order valence-corrected chi connectivity index (χ3v) is 6.11. The van der Waals surface area contributed by atoms with E-state index in [1.54, 1.807) is 6.08 Å². The second-order valence-corrected chi connectivity index (χ2v) is 13.2. The zero-order chi connectivity index (χ0) is 20.7. The predicted molar refractivity (Wildman–Crippen MR) is 110 cm³/mol. The van der Waals surface area contributed by atoms with E-state index < -0.39 is 25.9 Å². The quantitative estimate of drug-likeness (QED) is 0.285. The van der Waals surface area contributed by atoms with Gasteiger partial charge in [0, 0.05) is 6.42 Å². The van der Waals surface area contributed by atoms with E-state index in [1.165, 1.54) is 7.11 Å². The molecule has 0 amide bonds. The van der Waals surface area contributed by atoms with E-state index in [4.69, 9.17) is 16.0 Å². The molecule has 0 fully saturated rings. The van der Waals surface area contributed by atoms with Crippen molar-refractivity contribution in [3.63, 3.8) is 0 Å². The Kier molecular flexibility index (Phi) is 9.69. The normalized spacial score (nSPS) is 24.0. The first kappa shape index (κ1) is 24.3. The molecule has 0 saturated heterocycles. The summed E-state index contributed by atoms with van der Waals surface area (Å²) in [6, 6.07) is 0. The Bertz CT molecular complexity index is 543. The number of rotatable bonds is 12. The summed E-state index contributed by atoms with van der Waals surface area (Å²) in [5.74, 6) is -1.09. The lowest BCUT2D eigenvalue weighted by Crippen LogP contribution is -2.50. The summed E-state index contributed by atoms with van der Waals surface area (Å²) < 4.78 is 11.1. The number of ketones is 1. The average molecular weight is 419 g/mol. The van der Waals surface area contributed by atoms with Gasteiger partial charge in [-0.05, 0) is 45.0 Å². The molecule has 1 rings (SSSR count). The molecular weight excluding hydrogens is 384 g/mol. The van der Waals surface area contributed by atoms with Gasteiger partial charge in [-0.2, -0.15) is 0 Å². The van der Waals surface area contributed by atoms with E-state index in [2.05, 4.69) is 31.3 Å². The lowest BCUT2D eigenvalue weighted by atomic mass is 9.80. The fourth-order valence-corrected chi connectivity index (χ4v) is 5.44. The monoisotopic (exact) mass is 418 g/mol. The van der Waals surface area contributed by atoms with Crippen molar-refractivity contribution in [3.8, 4) is 0 Å². The number of esters is 1. The smallest absolute Gasteiger partial charge is 0.305 e. The number of hydrogen-bond donors (Lipinski definition) is 1. The van der Waals surface area contributed by atoms with Crippen LogP contribution < -0.4 is 0 Å². The third-order valence-electron chi connectivity index (χ3n) is 4.83. The summed E-state index contributed by atoms with van der Waals surface area (Å²) >= 11 is 6.21. The summed E-state index contributed by atoms with van der Waals surface area (Å²) in [6.45, 7) is 8.35. The van der Waals surface area contributed by atoms with Gasteiger partial charge < -0.3 is 14.3 Å². The van der Waals surface area contributed by atoms with Gasteiger partial charge in [0.25, 0.3) is 0 Å². The van der Waals surface area contributed by atoms with Gasteiger partial charge in [-0.25, -0.2) is 0 Å². The second-order valence-electron chi connectivity index (χ2n) is 8.35. The fraction of sp³-hybridized carbons (Fsp3) is 0.800. The maximum atomic E-state index is 12.7. The minimum Gasteiger partial charge on any atom is -0.469 e. The van der Waals surface area contributed by atoms with Crippen LogP contribution in [0.4, 0.5) is 0 Å². The van der Waals surface area contributed by atoms with Gasteiger partial charge >= 0.3 is 5.97 Å². The molecule has 27 heavy (non-hydrogen) atoms. The Morgan fingerprint density at radius 1 is 1.30 bits per heavy atom. The van der Waals surface area contributed by atoms with Crippen molar-refractivity contribution in [2.75, 3.05) is 7.11 Å². The zero-order valence-electron chi connectivity index (χ0n) is 17.3. The predicted octanol–water partition coefficient (Wildman–Crippen LogP) is 4.57. The standard InChI is InChI=1S/C20H35ClO5Si/c1-6-7-13-20(26-27(3,4)5)14-15(21)19(24)18(20)16(22)11-9-8-10-12-17(23)25-2/h14,16,18,22H,6-13H2,1-5H3. The van der Waals surface area contributed by atoms with Crippen LogP contribution in [-0.4, -0.2) is 44.0 Å². The highest BCUT2D eigenvalue weighted by atomic mass is 35.5. The van der Waals surface area contributed by atoms with E-state index >= 15 is 0 Å². The number of hydrogen-bond acceptors (Lipinski definition) is 5. The third kappa shape index (κ3) is 7.33. The topological polar surface area (TPSA) is 72.8 Å². The van der Waals surface area contributed by atoms with Crippen molar-refractivity contribution < 1.29 is 23.9 Å². The first-order valence-corrected chi connectivity index (χ1v) is 13.7. The number of halogens is 1. The molecule has 0 bridgehead atoms. The fourth-order valence-electron chi connectivity index (χ4n) is 3.71. The molecule has 0 aromatic carbocycles. The number of ether oxygens (including phenoxy) is 1. The van der Waals surface area contributed by atoms with Gasteiger partial charge in [-0.15, -0.1) is 0 Å². The van der Waals surface area contributed by atoms with Gasteiger partial charge in [0.1, 0.15) is 0 Å². The molecule has 0 aromatic heterocycles. The summed E-state index contributed by atoms with van der Waals surface area (Å²) in [4.78, 5) is 23.9. The van der Waals surface area contributed by atoms with Crippen molar-refractivity contribution in [2.45, 2.75) is 89.6 Å². The molecule has 156 valence electrons. The minimum atomic E-state index is -1.97. The van der Waals surface area contributed by atoms with Crippen LogP contribution in [0.15, 0.2) is 11.1 Å². The molecule has 1 aliphatic carbocycles. The molecule has 3 atom stereocenters. The van der Waals surface area contributed by atoms with Gasteiger partial charge in [-0.3, -0.25) is 9.59 Å². The van der Waals surface area contributed by atoms with Gasteiger partial charge in [0.05, 0.1) is 29.8 Å². The summed E-state index contributed by atoms with van der Waals surface area (Å²) in [5.41, 5.74) is -0.805. The Balaban J connectivity index is 2.82. The van der Waals surface area contributed by atoms with Crippen LogP contribution in [0.25, 0.3) is 0 Å². The maximum absolute atomic E-state index is 12.7. The molecule has 1 aliphatic rings. The molecule has 7 heteroatoms. The van der Waals surface area contributed by atoms with Gasteiger partial charge in [0.15, 0.2) is 14.1 Å². The number of Topliss-reactive ketones (excluding diaryl/α,β-unsaturated/α-hetero) is 1. The Morgan fingerprint density at radius 2 is 1.96 bits per heavy atom. The van der Waals surface area contributed by atoms with Crippen molar-refractivity contribution in [2.24, 2.45) is 5.92 Å². The largest absolute Gasteiger partial charge is 0.469 e. The zero-order valence-corrected chi connectivity index (χ0v) is 19.1. The van der Waals surface area contributed by atoms with E-state index in [-0.39, 0.29) is 16.8 Å². The summed E-state index contributed by atoms with van der Waals surface area (Å²) in [5, 5.41) is 11.0. The van der Waals surface area contributed by atoms with Crippen molar-refractivity contribution in [1.82, 2.24) is 0 Å². The number of methoxy groups -OCH3 is 1. The molecule has 1 N–H and O–H groups in total. The Morgan fingerprint density at radius 3 is 2.52 bits per heavy atom. The van der Waals surface area contributed by atoms with Crippen LogP contribution >= 0.6 is 11.6 Å². The average Bonchev–Trinajstić information content (AvgIpc) is 2.81. The van der Waals surface area contributed by atoms with E-state index in [1.807, 2.05) is 0 Å². The van der Waals surface area contributed by atoms with Crippen LogP contribution in [-0.2, 0) is 18.8 Å². The minimum absolute atomic E-state index is 0.180. The summed E-state index contributed by atoms with van der Waals surface area (Å²) in [6.07, 6.45) is 6.60. The lowest BCUT2D eigenvalue weighted by Gasteiger charge is -2.41. The SMILES string of the molecule is CCCCC1(O[Si](C)(C)C)C=C(Cl)C(=O)C1C(O)CCCCCC(=O)OC. The van der Waals surface area contributed by atoms with Crippen molar-refractivity contribution in [3.05, 3.63) is 11.1 Å². The highest BCUT2D eigenvalue weighted by Gasteiger charge is 2.52. The van der Waals surface area contributed by atoms with Crippen molar-refractivity contribution >= 4 is 31.7 Å². The molecule has 0 radical (unpaired) electrons. The highest BCUT2D eigenvalue weighted by molar-refractivity contribution is 6.70. The number of carbonyl (C=O) groups excluding carboxylic acids is 2. The number of allylic oxidation sites excluding steroid dienone is 1. The number of aliphatic hydroxyl groups is 1. The molecule has 0 saturated carbocycles. The first-order valence-electron chi connectivity index (χ1n) is 9.94. The lowest BCUT2D eigenvalue weighted by molar-refractivity contribution is -0.140. The van der Waals surface area contributed by atoms with Crippen LogP contribution in [0.1, 0.15) is 58.3 Å². The van der Waals surface area contributed by atoms with Crippen LogP contribution in [0, 0.1) is 5.92 Å². The first-order chi connectivity index (χ1) is 12.6. The number of unbranched alkanes of at least 4 members (excludes halogenated alkanes) is 3. The molecule has 0 heterocycles. The second kappa shape index (κ2) is 10.7. The molecule has 3 unspecified atom stereocenters. The maximum Gasteiger partial charge on any atom is 0.305 e. The molecular formula is C20H35ClO5Si. The van der Waals surface area contributed by atoms with E-state index in [9.17, 15) is 14.7 Å². The number of aliphatic hydroxyl groups excluding tert-OH is 1. The van der Waals surface area contributed by atoms with Crippen LogP contribution in [0.2, 0.25) is 19.6 Å². The van der Waals surface area contributed by atoms with Gasteiger partial charge in [-0.1, -0.05) is 44.2 Å². The summed E-state index contributed by atoms with van der Waals surface area (Å²) in [7, 11) is -0.592. The molecule has 0 aliphatic heterocycles. The van der Waals surface area contributed by atoms with Gasteiger partial charge in [0.2, 0.25) is 0 Å². The van der Waals surface area contributed by atoms with E-state index in [0.29, 0.717) is 25.7 Å². The molecule has 0 spiro atoms. The van der Waals surface area contributed by atoms with Crippen LogP contribution in [0.3, 0.4) is 0 Å². The highest BCUT2D eigenvalue weighted by Crippen LogP contribution is 2.44.